The minimum atomic E-state index is 0.341. The molecule has 0 aromatic carbocycles. The molecule has 1 N–H and O–H groups in total. The quantitative estimate of drug-likeness (QED) is 0.454. The smallest absolute Gasteiger partial charge is 0.0459 e. The van der Waals surface area contributed by atoms with Crippen LogP contribution in [0.15, 0.2) is 11.6 Å². The Bertz CT molecular complexity index is 607. The summed E-state index contributed by atoms with van der Waals surface area (Å²) in [5, 5.41) is 9.48. The van der Waals surface area contributed by atoms with Gasteiger partial charge in [0.1, 0.15) is 0 Å². The molecule has 0 aromatic rings. The molecule has 0 aliphatic heterocycles. The number of aliphatic hydroxyl groups excluding tert-OH is 1. The topological polar surface area (TPSA) is 20.2 Å². The fourth-order valence-corrected chi connectivity index (χ4v) is 8.71. The molecule has 4 aliphatic rings. The number of allylic oxidation sites excluding steroid dienone is 2. The predicted molar refractivity (Wildman–Crippen MR) is 124 cm³/mol. The van der Waals surface area contributed by atoms with Gasteiger partial charge < -0.3 is 5.11 Å². The lowest BCUT2D eigenvalue weighted by Crippen LogP contribution is -2.48. The van der Waals surface area contributed by atoms with Gasteiger partial charge in [0.15, 0.2) is 0 Å². The van der Waals surface area contributed by atoms with Crippen molar-refractivity contribution in [3.05, 3.63) is 11.6 Å². The van der Waals surface area contributed by atoms with E-state index in [0.717, 1.165) is 29.6 Å². The summed E-state index contributed by atoms with van der Waals surface area (Å²) in [5.74, 6) is 5.58. The molecule has 29 heavy (non-hydrogen) atoms. The van der Waals surface area contributed by atoms with Crippen LogP contribution in [0.2, 0.25) is 0 Å². The van der Waals surface area contributed by atoms with Crippen LogP contribution < -0.4 is 0 Å². The van der Waals surface area contributed by atoms with Crippen LogP contribution in [0.5, 0.6) is 0 Å². The van der Waals surface area contributed by atoms with Gasteiger partial charge in [0.05, 0.1) is 0 Å². The second-order valence-electron chi connectivity index (χ2n) is 12.4. The first kappa shape index (κ1) is 21.9. The van der Waals surface area contributed by atoms with E-state index >= 15 is 0 Å². The minimum absolute atomic E-state index is 0.341. The lowest BCUT2D eigenvalue weighted by molar-refractivity contribution is -0.00835. The molecule has 4 aliphatic carbocycles. The highest BCUT2D eigenvalue weighted by atomic mass is 16.3. The molecular weight excluding hydrogens is 352 g/mol. The van der Waals surface area contributed by atoms with E-state index in [9.17, 15) is 5.11 Å². The summed E-state index contributed by atoms with van der Waals surface area (Å²) in [4.78, 5) is 0. The van der Waals surface area contributed by atoms with Gasteiger partial charge in [-0.05, 0) is 97.2 Å². The fourth-order valence-electron chi connectivity index (χ4n) is 8.71. The van der Waals surface area contributed by atoms with Gasteiger partial charge in [-0.2, -0.15) is 0 Å². The third-order valence-electron chi connectivity index (χ3n) is 11.1. The van der Waals surface area contributed by atoms with Crippen LogP contribution in [0.25, 0.3) is 0 Å². The van der Waals surface area contributed by atoms with E-state index in [1.54, 1.807) is 0 Å². The fraction of sp³-hybridized carbons (Fsp3) is 0.929. The van der Waals surface area contributed by atoms with Crippen molar-refractivity contribution in [1.29, 1.82) is 0 Å². The molecule has 0 spiro atoms. The number of hydrogen-bond acceptors (Lipinski definition) is 1. The average Bonchev–Trinajstić information content (AvgIpc) is 3.08. The molecule has 3 fully saturated rings. The van der Waals surface area contributed by atoms with Crippen molar-refractivity contribution in [2.45, 2.75) is 105 Å². The molecule has 0 saturated heterocycles. The molecule has 0 bridgehead atoms. The number of fused-ring (bicyclic) bond motifs is 5. The zero-order valence-corrected chi connectivity index (χ0v) is 20.1. The number of hydrogen-bond donors (Lipinski definition) is 1. The first-order valence-corrected chi connectivity index (χ1v) is 13.1. The number of rotatable bonds is 6. The molecule has 1 heteroatoms. The normalized spacial score (nSPS) is 44.8. The average molecular weight is 401 g/mol. The van der Waals surface area contributed by atoms with Crippen LogP contribution in [0, 0.1) is 52.3 Å². The molecular formula is C28H48O. The van der Waals surface area contributed by atoms with Crippen LogP contribution in [0.1, 0.15) is 105 Å². The Balaban J connectivity index is 1.47. The van der Waals surface area contributed by atoms with Crippen molar-refractivity contribution < 1.29 is 5.11 Å². The van der Waals surface area contributed by atoms with Crippen LogP contribution in [-0.4, -0.2) is 11.7 Å². The monoisotopic (exact) mass is 400 g/mol. The zero-order chi connectivity index (χ0) is 20.8. The Morgan fingerprint density at radius 1 is 0.897 bits per heavy atom. The highest BCUT2D eigenvalue weighted by Gasteiger charge is 2.57. The van der Waals surface area contributed by atoms with E-state index in [4.69, 9.17) is 0 Å². The standard InChI is InChI=1S/C28H48O/c1-19(21(3)18-29)9-10-20(2)24-13-14-25-23-12-11-22-8-6-7-16-27(22,4)26(23)15-17-28(24,25)5/h12,19-22,24-26,29H,6-11,13-18H2,1-5H3/t19-,20+,21?,22?,24+,25-,26-,27-,28+/m0/s1. The van der Waals surface area contributed by atoms with Gasteiger partial charge >= 0.3 is 0 Å². The highest BCUT2D eigenvalue weighted by molar-refractivity contribution is 5.27. The second-order valence-corrected chi connectivity index (χ2v) is 12.4. The molecule has 1 nitrogen and oxygen atoms in total. The van der Waals surface area contributed by atoms with Gasteiger partial charge in [-0.25, -0.2) is 0 Å². The molecule has 0 heterocycles. The molecule has 0 radical (unpaired) electrons. The Kier molecular flexibility index (Phi) is 6.29. The van der Waals surface area contributed by atoms with Crippen molar-refractivity contribution in [2.75, 3.05) is 6.61 Å². The Hall–Kier alpha value is -0.300. The maximum absolute atomic E-state index is 9.48. The van der Waals surface area contributed by atoms with Crippen molar-refractivity contribution in [3.8, 4) is 0 Å². The zero-order valence-electron chi connectivity index (χ0n) is 20.1. The van der Waals surface area contributed by atoms with Crippen LogP contribution in [-0.2, 0) is 0 Å². The maximum Gasteiger partial charge on any atom is 0.0459 e. The van der Waals surface area contributed by atoms with E-state index in [2.05, 4.69) is 40.7 Å². The van der Waals surface area contributed by atoms with Crippen molar-refractivity contribution >= 4 is 0 Å². The van der Waals surface area contributed by atoms with Crippen LogP contribution in [0.4, 0.5) is 0 Å². The summed E-state index contributed by atoms with van der Waals surface area (Å²) in [6, 6.07) is 0. The van der Waals surface area contributed by atoms with E-state index in [1.165, 1.54) is 70.6 Å². The van der Waals surface area contributed by atoms with Gasteiger partial charge in [-0.15, -0.1) is 0 Å². The lowest BCUT2D eigenvalue weighted by Gasteiger charge is -2.57. The van der Waals surface area contributed by atoms with E-state index in [0.29, 0.717) is 29.3 Å². The molecule has 0 aromatic heterocycles. The van der Waals surface area contributed by atoms with E-state index in [-0.39, 0.29) is 0 Å². The van der Waals surface area contributed by atoms with Gasteiger partial charge in [-0.1, -0.05) is 72.0 Å². The van der Waals surface area contributed by atoms with Gasteiger partial charge in [0, 0.05) is 6.61 Å². The molecule has 3 saturated carbocycles. The summed E-state index contributed by atoms with van der Waals surface area (Å²) in [6.07, 6.45) is 18.6. The van der Waals surface area contributed by atoms with Crippen molar-refractivity contribution in [3.63, 3.8) is 0 Å². The first-order valence-electron chi connectivity index (χ1n) is 13.1. The Morgan fingerprint density at radius 2 is 1.66 bits per heavy atom. The molecule has 166 valence electrons. The summed E-state index contributed by atoms with van der Waals surface area (Å²) < 4.78 is 0. The second kappa shape index (κ2) is 8.33. The van der Waals surface area contributed by atoms with Crippen molar-refractivity contribution in [1.82, 2.24) is 0 Å². The first-order chi connectivity index (χ1) is 13.8. The number of aliphatic hydroxyl groups is 1. The van der Waals surface area contributed by atoms with E-state index in [1.807, 2.05) is 5.57 Å². The summed E-state index contributed by atoms with van der Waals surface area (Å²) in [7, 11) is 0. The third kappa shape index (κ3) is 3.66. The summed E-state index contributed by atoms with van der Waals surface area (Å²) >= 11 is 0. The van der Waals surface area contributed by atoms with Crippen molar-refractivity contribution in [2.24, 2.45) is 52.3 Å². The molecule has 9 atom stereocenters. The van der Waals surface area contributed by atoms with Crippen LogP contribution >= 0.6 is 0 Å². The summed E-state index contributed by atoms with van der Waals surface area (Å²) in [6.45, 7) is 12.8. The largest absolute Gasteiger partial charge is 0.396 e. The molecule has 0 amide bonds. The maximum atomic E-state index is 9.48. The highest BCUT2D eigenvalue weighted by Crippen LogP contribution is 2.66. The van der Waals surface area contributed by atoms with Gasteiger partial charge in [0.25, 0.3) is 0 Å². The molecule has 4 rings (SSSR count). The van der Waals surface area contributed by atoms with Gasteiger partial charge in [-0.3, -0.25) is 0 Å². The SMILES string of the molecule is CC(CO)[C@@H](C)CC[C@@H](C)[C@H]1CC[C@H]2C3=CCC4CCCC[C@]4(C)[C@H]3CC[C@]12C. The molecule has 2 unspecified atom stereocenters. The summed E-state index contributed by atoms with van der Waals surface area (Å²) in [5.41, 5.74) is 3.09. The van der Waals surface area contributed by atoms with E-state index < -0.39 is 0 Å². The Labute approximate surface area is 181 Å². The lowest BCUT2D eigenvalue weighted by atomic mass is 9.48. The predicted octanol–water partition coefficient (Wildman–Crippen LogP) is 7.64. The third-order valence-corrected chi connectivity index (χ3v) is 11.1. The van der Waals surface area contributed by atoms with Crippen LogP contribution in [0.3, 0.4) is 0 Å². The minimum Gasteiger partial charge on any atom is -0.396 e. The van der Waals surface area contributed by atoms with Gasteiger partial charge in [0.2, 0.25) is 0 Å². The Morgan fingerprint density at radius 3 is 2.41 bits per heavy atom.